The highest BCUT2D eigenvalue weighted by Crippen LogP contribution is 2.15. The minimum Gasteiger partial charge on any atom is -0.480 e. The number of carboxylic acid groups (broad SMARTS) is 1. The first-order chi connectivity index (χ1) is 9.04. The summed E-state index contributed by atoms with van der Waals surface area (Å²) in [5.74, 6) is -1.40. The van der Waals surface area contributed by atoms with Crippen LogP contribution in [0, 0.1) is 6.92 Å². The van der Waals surface area contributed by atoms with Crippen molar-refractivity contribution in [2.24, 2.45) is 0 Å². The van der Waals surface area contributed by atoms with Crippen LogP contribution in [0.4, 0.5) is 5.69 Å². The van der Waals surface area contributed by atoms with Gasteiger partial charge in [-0.05, 0) is 25.5 Å². The Morgan fingerprint density at radius 1 is 1.26 bits per heavy atom. The predicted molar refractivity (Wildman–Crippen MR) is 72.3 cm³/mol. The number of ether oxygens (including phenoxy) is 1. The molecule has 0 saturated carbocycles. The summed E-state index contributed by atoms with van der Waals surface area (Å²) in [6, 6.07) is 7.14. The second-order valence-corrected chi connectivity index (χ2v) is 4.26. The van der Waals surface area contributed by atoms with Gasteiger partial charge in [0.15, 0.2) is 0 Å². The van der Waals surface area contributed by atoms with Gasteiger partial charge in [0, 0.05) is 12.3 Å². The molecule has 1 N–H and O–H groups in total. The second kappa shape index (κ2) is 7.53. The minimum absolute atomic E-state index is 0.102. The van der Waals surface area contributed by atoms with E-state index in [0.717, 1.165) is 12.0 Å². The molecule has 0 fully saturated rings. The third-order valence-corrected chi connectivity index (χ3v) is 2.51. The first-order valence-electron chi connectivity index (χ1n) is 6.21. The molecule has 0 atom stereocenters. The smallest absolute Gasteiger partial charge is 0.323 e. The SMILES string of the molecule is CCCOCC(=O)N(CC(=O)O)c1ccc(C)cc1. The van der Waals surface area contributed by atoms with Gasteiger partial charge in [0.25, 0.3) is 5.91 Å². The fourth-order valence-electron chi connectivity index (χ4n) is 1.57. The van der Waals surface area contributed by atoms with E-state index in [4.69, 9.17) is 9.84 Å². The molecule has 1 rings (SSSR count). The Bertz CT molecular complexity index is 428. The zero-order valence-corrected chi connectivity index (χ0v) is 11.3. The molecule has 0 aliphatic rings. The van der Waals surface area contributed by atoms with Crippen molar-refractivity contribution in [2.45, 2.75) is 20.3 Å². The fraction of sp³-hybridized carbons (Fsp3) is 0.429. The molecule has 0 saturated heterocycles. The lowest BCUT2D eigenvalue weighted by molar-refractivity contribution is -0.137. The third-order valence-electron chi connectivity index (χ3n) is 2.51. The molecule has 0 aliphatic carbocycles. The second-order valence-electron chi connectivity index (χ2n) is 4.26. The highest BCUT2D eigenvalue weighted by Gasteiger charge is 2.18. The molecule has 0 spiro atoms. The summed E-state index contributed by atoms with van der Waals surface area (Å²) in [5, 5.41) is 8.89. The zero-order chi connectivity index (χ0) is 14.3. The zero-order valence-electron chi connectivity index (χ0n) is 11.3. The molecule has 0 heterocycles. The van der Waals surface area contributed by atoms with Crippen molar-refractivity contribution in [3.8, 4) is 0 Å². The van der Waals surface area contributed by atoms with E-state index in [2.05, 4.69) is 0 Å². The van der Waals surface area contributed by atoms with Crippen LogP contribution in [0.2, 0.25) is 0 Å². The molecular weight excluding hydrogens is 246 g/mol. The number of hydrogen-bond donors (Lipinski definition) is 1. The van der Waals surface area contributed by atoms with E-state index in [0.29, 0.717) is 12.3 Å². The van der Waals surface area contributed by atoms with Crippen molar-refractivity contribution >= 4 is 17.6 Å². The fourth-order valence-corrected chi connectivity index (χ4v) is 1.57. The van der Waals surface area contributed by atoms with Crippen molar-refractivity contribution in [1.82, 2.24) is 0 Å². The molecule has 1 amide bonds. The summed E-state index contributed by atoms with van der Waals surface area (Å²) >= 11 is 0. The van der Waals surface area contributed by atoms with Gasteiger partial charge in [-0.25, -0.2) is 0 Å². The molecule has 0 radical (unpaired) electrons. The van der Waals surface area contributed by atoms with Crippen molar-refractivity contribution < 1.29 is 19.4 Å². The van der Waals surface area contributed by atoms with E-state index in [-0.39, 0.29) is 19.1 Å². The van der Waals surface area contributed by atoms with Crippen molar-refractivity contribution in [1.29, 1.82) is 0 Å². The summed E-state index contributed by atoms with van der Waals surface area (Å²) in [5.41, 5.74) is 1.62. The number of aliphatic carboxylic acids is 1. The Hall–Kier alpha value is -1.88. The number of carbonyl (C=O) groups is 2. The summed E-state index contributed by atoms with van der Waals surface area (Å²) in [7, 11) is 0. The van der Waals surface area contributed by atoms with Gasteiger partial charge in [-0.1, -0.05) is 24.6 Å². The number of anilines is 1. The number of aryl methyl sites for hydroxylation is 1. The van der Waals surface area contributed by atoms with E-state index in [1.807, 2.05) is 26.0 Å². The molecule has 5 nitrogen and oxygen atoms in total. The maximum atomic E-state index is 12.0. The number of rotatable bonds is 7. The Morgan fingerprint density at radius 2 is 1.89 bits per heavy atom. The maximum absolute atomic E-state index is 12.0. The van der Waals surface area contributed by atoms with E-state index in [9.17, 15) is 9.59 Å². The molecule has 0 unspecified atom stereocenters. The highest BCUT2D eigenvalue weighted by atomic mass is 16.5. The summed E-state index contributed by atoms with van der Waals surface area (Å²) in [4.78, 5) is 24.0. The largest absolute Gasteiger partial charge is 0.480 e. The average molecular weight is 265 g/mol. The molecule has 0 aliphatic heterocycles. The van der Waals surface area contributed by atoms with Crippen LogP contribution in [0.25, 0.3) is 0 Å². The summed E-state index contributed by atoms with van der Waals surface area (Å²) in [6.07, 6.45) is 0.816. The summed E-state index contributed by atoms with van der Waals surface area (Å²) < 4.78 is 5.17. The van der Waals surface area contributed by atoms with Gasteiger partial charge in [-0.2, -0.15) is 0 Å². The lowest BCUT2D eigenvalue weighted by Crippen LogP contribution is -2.38. The molecule has 0 aromatic heterocycles. The van der Waals surface area contributed by atoms with Gasteiger partial charge in [-0.3, -0.25) is 14.5 Å². The van der Waals surface area contributed by atoms with Crippen molar-refractivity contribution in [3.63, 3.8) is 0 Å². The molecule has 1 aromatic rings. The van der Waals surface area contributed by atoms with E-state index < -0.39 is 5.97 Å². The Morgan fingerprint density at radius 3 is 2.42 bits per heavy atom. The van der Waals surface area contributed by atoms with E-state index >= 15 is 0 Å². The molecule has 104 valence electrons. The van der Waals surface area contributed by atoms with Crippen LogP contribution >= 0.6 is 0 Å². The lowest BCUT2D eigenvalue weighted by atomic mass is 10.2. The van der Waals surface area contributed by atoms with Gasteiger partial charge in [-0.15, -0.1) is 0 Å². The highest BCUT2D eigenvalue weighted by molar-refractivity contribution is 5.98. The first kappa shape index (κ1) is 15.2. The predicted octanol–water partition coefficient (Wildman–Crippen LogP) is 1.84. The van der Waals surface area contributed by atoms with Crippen LogP contribution in [-0.2, 0) is 14.3 Å². The van der Waals surface area contributed by atoms with Crippen molar-refractivity contribution in [3.05, 3.63) is 29.8 Å². The van der Waals surface area contributed by atoms with Crippen LogP contribution in [-0.4, -0.2) is 36.7 Å². The Balaban J connectivity index is 2.79. The van der Waals surface area contributed by atoms with Crippen LogP contribution in [0.1, 0.15) is 18.9 Å². The van der Waals surface area contributed by atoms with Crippen LogP contribution < -0.4 is 4.90 Å². The number of carbonyl (C=O) groups excluding carboxylic acids is 1. The monoisotopic (exact) mass is 265 g/mol. The molecular formula is C14H19NO4. The normalized spacial score (nSPS) is 10.2. The van der Waals surface area contributed by atoms with Gasteiger partial charge in [0.1, 0.15) is 13.2 Å². The molecule has 5 heteroatoms. The number of carboxylic acids is 1. The van der Waals surface area contributed by atoms with Gasteiger partial charge in [0.2, 0.25) is 0 Å². The molecule has 1 aromatic carbocycles. The molecule has 19 heavy (non-hydrogen) atoms. The topological polar surface area (TPSA) is 66.8 Å². The number of hydrogen-bond acceptors (Lipinski definition) is 3. The van der Waals surface area contributed by atoms with Crippen LogP contribution in [0.15, 0.2) is 24.3 Å². The van der Waals surface area contributed by atoms with E-state index in [1.54, 1.807) is 12.1 Å². The minimum atomic E-state index is -1.05. The lowest BCUT2D eigenvalue weighted by Gasteiger charge is -2.21. The number of benzene rings is 1. The third kappa shape index (κ3) is 5.09. The van der Waals surface area contributed by atoms with Gasteiger partial charge < -0.3 is 9.84 Å². The van der Waals surface area contributed by atoms with Crippen LogP contribution in [0.3, 0.4) is 0 Å². The Kier molecular flexibility index (Phi) is 6.02. The van der Waals surface area contributed by atoms with Crippen LogP contribution in [0.5, 0.6) is 0 Å². The van der Waals surface area contributed by atoms with Gasteiger partial charge in [0.05, 0.1) is 0 Å². The standard InChI is InChI=1S/C14H19NO4/c1-3-8-19-10-13(16)15(9-14(17)18)12-6-4-11(2)5-7-12/h4-7H,3,8-10H2,1-2H3,(H,17,18). The molecule has 0 bridgehead atoms. The first-order valence-corrected chi connectivity index (χ1v) is 6.21. The quantitative estimate of drug-likeness (QED) is 0.764. The Labute approximate surface area is 112 Å². The number of amides is 1. The van der Waals surface area contributed by atoms with Crippen molar-refractivity contribution in [2.75, 3.05) is 24.7 Å². The maximum Gasteiger partial charge on any atom is 0.323 e. The van der Waals surface area contributed by atoms with Gasteiger partial charge >= 0.3 is 5.97 Å². The number of nitrogens with zero attached hydrogens (tertiary/aromatic N) is 1. The summed E-state index contributed by atoms with van der Waals surface area (Å²) in [6.45, 7) is 3.89. The average Bonchev–Trinajstić information content (AvgIpc) is 2.37. The van der Waals surface area contributed by atoms with E-state index in [1.165, 1.54) is 4.90 Å².